The summed E-state index contributed by atoms with van der Waals surface area (Å²) in [7, 11) is 0. The lowest BCUT2D eigenvalue weighted by Gasteiger charge is -2.17. The van der Waals surface area contributed by atoms with Gasteiger partial charge >= 0.3 is 5.97 Å². The Bertz CT molecular complexity index is 897. The van der Waals surface area contributed by atoms with E-state index >= 15 is 0 Å². The highest BCUT2D eigenvalue weighted by atomic mass is 16.5. The molecule has 7 heteroatoms. The number of hydrogen-bond acceptors (Lipinski definition) is 5. The average molecular weight is 399 g/mol. The molecule has 7 nitrogen and oxygen atoms in total. The number of benzene rings is 1. The van der Waals surface area contributed by atoms with E-state index in [9.17, 15) is 14.4 Å². The standard InChI is InChI=1S/C22H29N3O4/c1-5-8-16(9-6-2)21(27)23-18-14-19(26)25(17-12-10-15(4)11-13-17)24-20(18)22(28)29-7-3/h10-14,16H,5-9H2,1-4H3,(H,23,27). The summed E-state index contributed by atoms with van der Waals surface area (Å²) in [6.07, 6.45) is 3.22. The molecule has 1 N–H and O–H groups in total. The molecule has 0 atom stereocenters. The second-order valence-corrected chi connectivity index (χ2v) is 6.98. The molecule has 0 bridgehead atoms. The number of hydrogen-bond donors (Lipinski definition) is 1. The molecule has 2 aromatic rings. The zero-order valence-corrected chi connectivity index (χ0v) is 17.5. The fourth-order valence-electron chi connectivity index (χ4n) is 3.11. The van der Waals surface area contributed by atoms with E-state index in [2.05, 4.69) is 10.4 Å². The lowest BCUT2D eigenvalue weighted by atomic mass is 9.97. The maximum atomic E-state index is 12.7. The number of esters is 1. The number of carbonyl (C=O) groups excluding carboxylic acids is 2. The third-order valence-corrected chi connectivity index (χ3v) is 4.58. The summed E-state index contributed by atoms with van der Waals surface area (Å²) in [5.74, 6) is -1.08. The van der Waals surface area contributed by atoms with Gasteiger partial charge in [0.15, 0.2) is 5.69 Å². The Morgan fingerprint density at radius 2 is 1.72 bits per heavy atom. The van der Waals surface area contributed by atoms with Crippen LogP contribution in [0.4, 0.5) is 5.69 Å². The van der Waals surface area contributed by atoms with Gasteiger partial charge in [-0.15, -0.1) is 0 Å². The van der Waals surface area contributed by atoms with Crippen molar-refractivity contribution < 1.29 is 14.3 Å². The predicted molar refractivity (Wildman–Crippen MR) is 112 cm³/mol. The van der Waals surface area contributed by atoms with Crippen molar-refractivity contribution in [1.82, 2.24) is 9.78 Å². The van der Waals surface area contributed by atoms with Crippen LogP contribution in [0.25, 0.3) is 5.69 Å². The van der Waals surface area contributed by atoms with Gasteiger partial charge in [-0.2, -0.15) is 9.78 Å². The smallest absolute Gasteiger partial charge is 0.360 e. The predicted octanol–water partition coefficient (Wildman–Crippen LogP) is 3.87. The summed E-state index contributed by atoms with van der Waals surface area (Å²) in [6.45, 7) is 7.82. The molecule has 1 aromatic heterocycles. The maximum absolute atomic E-state index is 12.7. The highest BCUT2D eigenvalue weighted by molar-refractivity contribution is 6.00. The molecule has 0 saturated heterocycles. The largest absolute Gasteiger partial charge is 0.461 e. The Morgan fingerprint density at radius 1 is 1.10 bits per heavy atom. The first-order valence-corrected chi connectivity index (χ1v) is 10.1. The molecule has 0 saturated carbocycles. The van der Waals surface area contributed by atoms with Gasteiger partial charge in [-0.3, -0.25) is 9.59 Å². The van der Waals surface area contributed by atoms with Crippen molar-refractivity contribution in [2.75, 3.05) is 11.9 Å². The second kappa shape index (κ2) is 10.5. The Morgan fingerprint density at radius 3 is 2.28 bits per heavy atom. The quantitative estimate of drug-likeness (QED) is 0.647. The van der Waals surface area contributed by atoms with Gasteiger partial charge in [-0.05, 0) is 38.8 Å². The molecule has 0 aliphatic rings. The molecule has 1 amide bonds. The normalized spacial score (nSPS) is 10.8. The zero-order valence-electron chi connectivity index (χ0n) is 17.5. The van der Waals surface area contributed by atoms with Crippen molar-refractivity contribution in [3.63, 3.8) is 0 Å². The molecule has 1 heterocycles. The minimum absolute atomic E-state index is 0.0824. The number of nitrogens with one attached hydrogen (secondary N) is 1. The van der Waals surface area contributed by atoms with Gasteiger partial charge in [0.05, 0.1) is 18.0 Å². The van der Waals surface area contributed by atoms with Crippen molar-refractivity contribution in [1.29, 1.82) is 0 Å². The van der Waals surface area contributed by atoms with Crippen LogP contribution in [0.2, 0.25) is 0 Å². The number of anilines is 1. The van der Waals surface area contributed by atoms with Crippen molar-refractivity contribution >= 4 is 17.6 Å². The molecule has 156 valence electrons. The van der Waals surface area contributed by atoms with Crippen molar-refractivity contribution in [2.45, 2.75) is 53.4 Å². The summed E-state index contributed by atoms with van der Waals surface area (Å²) in [5, 5.41) is 6.94. The summed E-state index contributed by atoms with van der Waals surface area (Å²) >= 11 is 0. The number of rotatable bonds is 9. The van der Waals surface area contributed by atoms with E-state index in [-0.39, 0.29) is 29.8 Å². The van der Waals surface area contributed by atoms with Gasteiger partial charge in [0.2, 0.25) is 5.91 Å². The fraction of sp³-hybridized carbons (Fsp3) is 0.455. The first kappa shape index (κ1) is 22.3. The van der Waals surface area contributed by atoms with Crippen LogP contribution in [0.15, 0.2) is 35.1 Å². The number of aromatic nitrogens is 2. The van der Waals surface area contributed by atoms with Gasteiger partial charge < -0.3 is 10.1 Å². The molecule has 0 spiro atoms. The SMILES string of the molecule is CCCC(CCC)C(=O)Nc1cc(=O)n(-c2ccc(C)cc2)nc1C(=O)OCC. The van der Waals surface area contributed by atoms with E-state index in [1.807, 2.05) is 32.9 Å². The first-order valence-electron chi connectivity index (χ1n) is 10.1. The number of amides is 1. The van der Waals surface area contributed by atoms with E-state index < -0.39 is 11.5 Å². The lowest BCUT2D eigenvalue weighted by molar-refractivity contribution is -0.120. The number of carbonyl (C=O) groups is 2. The highest BCUT2D eigenvalue weighted by Gasteiger charge is 2.23. The summed E-state index contributed by atoms with van der Waals surface area (Å²) < 4.78 is 6.22. The summed E-state index contributed by atoms with van der Waals surface area (Å²) in [5.41, 5.74) is 1.11. The monoisotopic (exact) mass is 399 g/mol. The van der Waals surface area contributed by atoms with Crippen molar-refractivity contribution in [3.05, 3.63) is 51.9 Å². The number of aryl methyl sites for hydroxylation is 1. The molecule has 0 radical (unpaired) electrons. The molecule has 0 aliphatic carbocycles. The van der Waals surface area contributed by atoms with Crippen LogP contribution < -0.4 is 10.9 Å². The van der Waals surface area contributed by atoms with Crippen LogP contribution in [0.5, 0.6) is 0 Å². The summed E-state index contributed by atoms with van der Waals surface area (Å²) in [4.78, 5) is 37.9. The minimum Gasteiger partial charge on any atom is -0.461 e. The van der Waals surface area contributed by atoms with E-state index in [0.29, 0.717) is 5.69 Å². The molecule has 0 fully saturated rings. The lowest BCUT2D eigenvalue weighted by Crippen LogP contribution is -2.29. The van der Waals surface area contributed by atoms with Crippen LogP contribution in [0.1, 0.15) is 62.5 Å². The van der Waals surface area contributed by atoms with Crippen molar-refractivity contribution in [3.8, 4) is 5.69 Å². The first-order chi connectivity index (χ1) is 13.9. The molecule has 2 rings (SSSR count). The van der Waals surface area contributed by atoms with Crippen LogP contribution in [0.3, 0.4) is 0 Å². The molecule has 0 aliphatic heterocycles. The maximum Gasteiger partial charge on any atom is 0.360 e. The Kier molecular flexibility index (Phi) is 8.12. The topological polar surface area (TPSA) is 90.3 Å². The molecular formula is C22H29N3O4. The third kappa shape index (κ3) is 5.76. The number of ether oxygens (including phenoxy) is 1. The van der Waals surface area contributed by atoms with Crippen LogP contribution in [-0.4, -0.2) is 28.3 Å². The van der Waals surface area contributed by atoms with E-state index in [0.717, 1.165) is 35.9 Å². The molecule has 1 aromatic carbocycles. The third-order valence-electron chi connectivity index (χ3n) is 4.58. The number of nitrogens with zero attached hydrogens (tertiary/aromatic N) is 2. The van der Waals surface area contributed by atoms with E-state index in [1.54, 1.807) is 19.1 Å². The average Bonchev–Trinajstić information content (AvgIpc) is 2.69. The Balaban J connectivity index is 2.46. The van der Waals surface area contributed by atoms with Crippen molar-refractivity contribution in [2.24, 2.45) is 5.92 Å². The van der Waals surface area contributed by atoms with Gasteiger partial charge in [-0.25, -0.2) is 4.79 Å². The van der Waals surface area contributed by atoms with Gasteiger partial charge in [0.1, 0.15) is 0 Å². The Hall–Kier alpha value is -2.96. The molecular weight excluding hydrogens is 370 g/mol. The van der Waals surface area contributed by atoms with E-state index in [4.69, 9.17) is 4.74 Å². The molecule has 29 heavy (non-hydrogen) atoms. The van der Waals surface area contributed by atoms with Gasteiger partial charge in [0, 0.05) is 12.0 Å². The van der Waals surface area contributed by atoms with Gasteiger partial charge in [0.25, 0.3) is 5.56 Å². The fourth-order valence-corrected chi connectivity index (χ4v) is 3.11. The zero-order chi connectivity index (χ0) is 21.4. The minimum atomic E-state index is -0.689. The van der Waals surface area contributed by atoms with Crippen LogP contribution in [0, 0.1) is 12.8 Å². The highest BCUT2D eigenvalue weighted by Crippen LogP contribution is 2.19. The second-order valence-electron chi connectivity index (χ2n) is 6.98. The van der Waals surface area contributed by atoms with Crippen LogP contribution in [-0.2, 0) is 9.53 Å². The Labute approximate surface area is 171 Å². The van der Waals surface area contributed by atoms with Gasteiger partial charge in [-0.1, -0.05) is 44.4 Å². The van der Waals surface area contributed by atoms with E-state index in [1.165, 1.54) is 6.07 Å². The summed E-state index contributed by atoms with van der Waals surface area (Å²) in [6, 6.07) is 8.42. The van der Waals surface area contributed by atoms with Crippen LogP contribution >= 0.6 is 0 Å². The molecule has 0 unspecified atom stereocenters.